The molecule has 0 aliphatic carbocycles. The highest BCUT2D eigenvalue weighted by Crippen LogP contribution is 2.37. The Kier molecular flexibility index (Phi) is 5.01. The third-order valence-electron chi connectivity index (χ3n) is 4.93. The molecule has 1 atom stereocenters. The van der Waals surface area contributed by atoms with Gasteiger partial charge in [0.05, 0.1) is 12.6 Å². The third-order valence-corrected chi connectivity index (χ3v) is 9.43. The molecule has 0 bridgehead atoms. The van der Waals surface area contributed by atoms with E-state index in [0.29, 0.717) is 6.61 Å². The number of hydrogen-bond donors (Lipinski definition) is 1. The van der Waals surface area contributed by atoms with Crippen LogP contribution in [0.4, 0.5) is 5.69 Å². The summed E-state index contributed by atoms with van der Waals surface area (Å²) in [7, 11) is -1.80. The number of imidazole rings is 1. The van der Waals surface area contributed by atoms with Crippen LogP contribution in [0.5, 0.6) is 0 Å². The predicted octanol–water partition coefficient (Wildman–Crippen LogP) is 4.38. The summed E-state index contributed by atoms with van der Waals surface area (Å²) < 4.78 is 8.66. The Morgan fingerprint density at radius 1 is 1.22 bits per heavy atom. The van der Waals surface area contributed by atoms with Crippen LogP contribution in [0.2, 0.25) is 18.1 Å². The molecular weight excluding hydrogens is 302 g/mol. The van der Waals surface area contributed by atoms with Crippen molar-refractivity contribution in [1.82, 2.24) is 9.55 Å². The van der Waals surface area contributed by atoms with E-state index >= 15 is 0 Å². The van der Waals surface area contributed by atoms with Gasteiger partial charge in [0.15, 0.2) is 8.32 Å². The molecule has 1 aromatic heterocycles. The van der Waals surface area contributed by atoms with E-state index in [1.165, 1.54) is 5.56 Å². The van der Waals surface area contributed by atoms with Crippen molar-refractivity contribution in [2.75, 3.05) is 12.3 Å². The smallest absolute Gasteiger partial charge is 0.192 e. The van der Waals surface area contributed by atoms with E-state index in [1.807, 2.05) is 31.5 Å². The van der Waals surface area contributed by atoms with Crippen molar-refractivity contribution in [3.8, 4) is 0 Å². The normalized spacial score (nSPS) is 14.0. The van der Waals surface area contributed by atoms with E-state index in [9.17, 15) is 0 Å². The molecule has 0 spiro atoms. The number of nitrogens with two attached hydrogens (primary N) is 1. The zero-order valence-corrected chi connectivity index (χ0v) is 16.1. The Balaban J connectivity index is 2.29. The lowest BCUT2D eigenvalue weighted by Crippen LogP contribution is -2.42. The molecule has 2 N–H and O–H groups in total. The maximum absolute atomic E-state index is 6.48. The molecular formula is C18H29N3OSi. The van der Waals surface area contributed by atoms with Crippen LogP contribution in [0.15, 0.2) is 36.7 Å². The van der Waals surface area contributed by atoms with Gasteiger partial charge in [0.25, 0.3) is 0 Å². The number of hydrogen-bond acceptors (Lipinski definition) is 3. The predicted molar refractivity (Wildman–Crippen MR) is 99.1 cm³/mol. The molecule has 1 aromatic carbocycles. The Bertz CT molecular complexity index is 641. The van der Waals surface area contributed by atoms with E-state index in [1.54, 1.807) is 0 Å². The van der Waals surface area contributed by atoms with Gasteiger partial charge in [0.1, 0.15) is 5.82 Å². The van der Waals surface area contributed by atoms with Gasteiger partial charge >= 0.3 is 0 Å². The zero-order chi connectivity index (χ0) is 17.3. The molecule has 0 saturated heterocycles. The van der Waals surface area contributed by atoms with Gasteiger partial charge in [-0.15, -0.1) is 0 Å². The lowest BCUT2D eigenvalue weighted by molar-refractivity contribution is 0.247. The minimum Gasteiger partial charge on any atom is -0.414 e. The first-order valence-corrected chi connectivity index (χ1v) is 11.0. The van der Waals surface area contributed by atoms with E-state index in [-0.39, 0.29) is 11.1 Å². The quantitative estimate of drug-likeness (QED) is 0.653. The fraction of sp³-hybridized carbons (Fsp3) is 0.500. The average molecular weight is 332 g/mol. The molecule has 0 aliphatic heterocycles. The van der Waals surface area contributed by atoms with Gasteiger partial charge in [0.2, 0.25) is 0 Å². The molecule has 0 aliphatic rings. The SMILES string of the molecule is Cc1nccn1[C@@H](CO[Si](C)(C)C(C)(C)C)c1ccc(N)cc1. The van der Waals surface area contributed by atoms with Gasteiger partial charge < -0.3 is 14.7 Å². The number of aryl methyl sites for hydroxylation is 1. The molecule has 0 unspecified atom stereocenters. The summed E-state index contributed by atoms with van der Waals surface area (Å²) >= 11 is 0. The van der Waals surface area contributed by atoms with Crippen LogP contribution in [0.3, 0.4) is 0 Å². The second kappa shape index (κ2) is 6.49. The summed E-state index contributed by atoms with van der Waals surface area (Å²) in [4.78, 5) is 4.37. The summed E-state index contributed by atoms with van der Waals surface area (Å²) in [5.74, 6) is 0.991. The highest BCUT2D eigenvalue weighted by atomic mass is 28.4. The number of rotatable bonds is 5. The Morgan fingerprint density at radius 2 is 1.83 bits per heavy atom. The topological polar surface area (TPSA) is 53.1 Å². The summed E-state index contributed by atoms with van der Waals surface area (Å²) in [5, 5.41) is 0.197. The second-order valence-corrected chi connectivity index (χ2v) is 12.4. The first-order chi connectivity index (χ1) is 10.6. The van der Waals surface area contributed by atoms with E-state index < -0.39 is 8.32 Å². The van der Waals surface area contributed by atoms with Crippen LogP contribution in [0, 0.1) is 6.92 Å². The molecule has 2 rings (SSSR count). The van der Waals surface area contributed by atoms with Crippen molar-refractivity contribution in [3.05, 3.63) is 48.0 Å². The Hall–Kier alpha value is -1.59. The summed E-state index contributed by atoms with van der Waals surface area (Å²) in [6.45, 7) is 14.0. The summed E-state index contributed by atoms with van der Waals surface area (Å²) in [5.41, 5.74) is 7.80. The molecule has 0 fully saturated rings. The molecule has 23 heavy (non-hydrogen) atoms. The monoisotopic (exact) mass is 331 g/mol. The molecule has 126 valence electrons. The van der Waals surface area contributed by atoms with E-state index in [0.717, 1.165) is 11.5 Å². The summed E-state index contributed by atoms with van der Waals surface area (Å²) in [6, 6.07) is 8.16. The van der Waals surface area contributed by atoms with Gasteiger partial charge in [-0.25, -0.2) is 4.98 Å². The maximum atomic E-state index is 6.48. The Morgan fingerprint density at radius 3 is 2.30 bits per heavy atom. The number of nitrogens with zero attached hydrogens (tertiary/aromatic N) is 2. The molecule has 5 heteroatoms. The molecule has 0 saturated carbocycles. The van der Waals surface area contributed by atoms with Crippen LogP contribution in [-0.2, 0) is 4.43 Å². The first kappa shape index (κ1) is 17.8. The molecule has 1 heterocycles. The van der Waals surface area contributed by atoms with Crippen molar-refractivity contribution >= 4 is 14.0 Å². The molecule has 0 radical (unpaired) electrons. The van der Waals surface area contributed by atoms with Gasteiger partial charge in [-0.05, 0) is 42.8 Å². The van der Waals surface area contributed by atoms with Crippen molar-refractivity contribution in [2.45, 2.75) is 51.9 Å². The Labute approximate surface area is 140 Å². The minimum absolute atomic E-state index is 0.118. The van der Waals surface area contributed by atoms with E-state index in [4.69, 9.17) is 10.2 Å². The van der Waals surface area contributed by atoms with Crippen LogP contribution >= 0.6 is 0 Å². The fourth-order valence-electron chi connectivity index (χ4n) is 2.28. The number of benzene rings is 1. The fourth-order valence-corrected chi connectivity index (χ4v) is 3.28. The van der Waals surface area contributed by atoms with Gasteiger partial charge in [-0.2, -0.15) is 0 Å². The lowest BCUT2D eigenvalue weighted by Gasteiger charge is -2.37. The highest BCUT2D eigenvalue weighted by molar-refractivity contribution is 6.74. The van der Waals surface area contributed by atoms with Crippen LogP contribution in [-0.4, -0.2) is 24.5 Å². The van der Waals surface area contributed by atoms with Crippen molar-refractivity contribution in [1.29, 1.82) is 0 Å². The van der Waals surface area contributed by atoms with Gasteiger partial charge in [-0.1, -0.05) is 32.9 Å². The van der Waals surface area contributed by atoms with Crippen LogP contribution in [0.1, 0.15) is 38.2 Å². The second-order valence-electron chi connectivity index (χ2n) is 7.64. The largest absolute Gasteiger partial charge is 0.414 e. The van der Waals surface area contributed by atoms with E-state index in [2.05, 4.69) is 55.5 Å². The number of anilines is 1. The van der Waals surface area contributed by atoms with Crippen LogP contribution in [0.25, 0.3) is 0 Å². The standard InChI is InChI=1S/C18H29N3OSi/c1-14-20-11-12-21(14)17(15-7-9-16(19)10-8-15)13-22-23(5,6)18(2,3)4/h7-12,17H,13,19H2,1-6H3/t17-/m0/s1. The molecule has 0 amide bonds. The summed E-state index contributed by atoms with van der Waals surface area (Å²) in [6.07, 6.45) is 3.86. The molecule has 2 aromatic rings. The molecule has 4 nitrogen and oxygen atoms in total. The number of aromatic nitrogens is 2. The van der Waals surface area contributed by atoms with Crippen molar-refractivity contribution in [3.63, 3.8) is 0 Å². The first-order valence-electron chi connectivity index (χ1n) is 8.10. The lowest BCUT2D eigenvalue weighted by atomic mass is 10.1. The van der Waals surface area contributed by atoms with Gasteiger partial charge in [-0.3, -0.25) is 0 Å². The highest BCUT2D eigenvalue weighted by Gasteiger charge is 2.37. The average Bonchev–Trinajstić information content (AvgIpc) is 2.86. The maximum Gasteiger partial charge on any atom is 0.192 e. The van der Waals surface area contributed by atoms with Crippen molar-refractivity contribution in [2.24, 2.45) is 0 Å². The van der Waals surface area contributed by atoms with Crippen molar-refractivity contribution < 1.29 is 4.43 Å². The third kappa shape index (κ3) is 4.03. The van der Waals surface area contributed by atoms with Gasteiger partial charge in [0, 0.05) is 18.1 Å². The number of nitrogen functional groups attached to an aromatic ring is 1. The minimum atomic E-state index is -1.80. The van der Waals surface area contributed by atoms with Crippen LogP contribution < -0.4 is 5.73 Å². The zero-order valence-electron chi connectivity index (χ0n) is 15.1.